The van der Waals surface area contributed by atoms with Crippen LogP contribution in [0.2, 0.25) is 0 Å². The van der Waals surface area contributed by atoms with Crippen LogP contribution in [0.5, 0.6) is 0 Å². The first-order chi connectivity index (χ1) is 8.09. The molecule has 2 aliphatic rings. The zero-order valence-electron chi connectivity index (χ0n) is 10.4. The highest BCUT2D eigenvalue weighted by Gasteiger charge is 2.44. The maximum atomic E-state index is 12.2. The van der Waals surface area contributed by atoms with Gasteiger partial charge in [0.1, 0.15) is 0 Å². The van der Waals surface area contributed by atoms with E-state index < -0.39 is 0 Å². The van der Waals surface area contributed by atoms with E-state index in [1.807, 2.05) is 4.90 Å². The lowest BCUT2D eigenvalue weighted by Crippen LogP contribution is -2.42. The lowest BCUT2D eigenvalue weighted by atomic mass is 10.1. The second-order valence-corrected chi connectivity index (χ2v) is 5.26. The number of hydrogen-bond acceptors (Lipinski definition) is 2. The average Bonchev–Trinajstić information content (AvgIpc) is 2.91. The van der Waals surface area contributed by atoms with E-state index in [1.54, 1.807) is 0 Å². The molecule has 1 fully saturated rings. The molecule has 2 heterocycles. The van der Waals surface area contributed by atoms with Crippen molar-refractivity contribution in [1.29, 1.82) is 0 Å². The van der Waals surface area contributed by atoms with Crippen LogP contribution in [0.1, 0.15) is 30.8 Å². The molecule has 1 aromatic heterocycles. The Morgan fingerprint density at radius 1 is 1.41 bits per heavy atom. The second-order valence-electron chi connectivity index (χ2n) is 5.26. The van der Waals surface area contributed by atoms with Crippen LogP contribution >= 0.6 is 0 Å². The van der Waals surface area contributed by atoms with Crippen molar-refractivity contribution in [2.75, 3.05) is 6.54 Å². The Labute approximate surface area is 101 Å². The predicted molar refractivity (Wildman–Crippen MR) is 65.4 cm³/mol. The third-order valence-corrected chi connectivity index (χ3v) is 4.13. The molecule has 92 valence electrons. The molecule has 0 radical (unpaired) electrons. The van der Waals surface area contributed by atoms with Crippen LogP contribution in [-0.4, -0.2) is 28.0 Å². The van der Waals surface area contributed by atoms with Crippen molar-refractivity contribution < 1.29 is 4.79 Å². The summed E-state index contributed by atoms with van der Waals surface area (Å²) in [6.45, 7) is 5.94. The first kappa shape index (κ1) is 10.8. The summed E-state index contributed by atoms with van der Waals surface area (Å²) in [5.74, 6) is 0.329. The Hall–Kier alpha value is -1.29. The van der Waals surface area contributed by atoms with E-state index in [1.165, 1.54) is 11.4 Å². The third kappa shape index (κ3) is 1.59. The van der Waals surface area contributed by atoms with Gasteiger partial charge >= 0.3 is 0 Å². The Balaban J connectivity index is 1.84. The molecule has 17 heavy (non-hydrogen) atoms. The number of rotatable bonds is 1. The summed E-state index contributed by atoms with van der Waals surface area (Å²) in [6.07, 6.45) is 0.863. The molecule has 3 unspecified atom stereocenters. The van der Waals surface area contributed by atoms with Gasteiger partial charge in [-0.2, -0.15) is 0 Å². The van der Waals surface area contributed by atoms with Crippen molar-refractivity contribution in [2.45, 2.75) is 38.9 Å². The fraction of sp³-hybridized carbons (Fsp3) is 0.615. The van der Waals surface area contributed by atoms with Gasteiger partial charge < -0.3 is 15.2 Å². The average molecular weight is 233 g/mol. The van der Waals surface area contributed by atoms with Crippen LogP contribution in [0.4, 0.5) is 0 Å². The number of nitrogens with zero attached hydrogens (tertiary/aromatic N) is 2. The summed E-state index contributed by atoms with van der Waals surface area (Å²) in [5.41, 5.74) is 8.29. The minimum Gasteiger partial charge on any atom is -0.345 e. The molecule has 0 spiro atoms. The largest absolute Gasteiger partial charge is 0.345 e. The number of fused-ring (bicyclic) bond motifs is 1. The molecule has 3 atom stereocenters. The third-order valence-electron chi connectivity index (χ3n) is 4.13. The SMILES string of the molecule is Cc1ccc2n1CCN(C(=O)C1CC1N)C2C. The fourth-order valence-electron chi connectivity index (χ4n) is 2.83. The van der Waals surface area contributed by atoms with Gasteiger partial charge in [-0.1, -0.05) is 0 Å². The van der Waals surface area contributed by atoms with Crippen LogP contribution in [0.15, 0.2) is 12.1 Å². The normalized spacial score (nSPS) is 31.2. The number of amides is 1. The molecule has 3 rings (SSSR count). The fourth-order valence-corrected chi connectivity index (χ4v) is 2.83. The van der Waals surface area contributed by atoms with E-state index >= 15 is 0 Å². The van der Waals surface area contributed by atoms with Gasteiger partial charge in [0.2, 0.25) is 5.91 Å². The minimum absolute atomic E-state index is 0.0834. The molecule has 0 saturated heterocycles. The first-order valence-corrected chi connectivity index (χ1v) is 6.31. The minimum atomic E-state index is 0.0834. The molecule has 4 nitrogen and oxygen atoms in total. The van der Waals surface area contributed by atoms with Gasteiger partial charge in [0, 0.05) is 30.5 Å². The van der Waals surface area contributed by atoms with Crippen LogP contribution in [0.3, 0.4) is 0 Å². The Kier molecular flexibility index (Phi) is 2.30. The lowest BCUT2D eigenvalue weighted by Gasteiger charge is -2.35. The highest BCUT2D eigenvalue weighted by molar-refractivity contribution is 5.83. The van der Waals surface area contributed by atoms with E-state index in [-0.39, 0.29) is 23.9 Å². The van der Waals surface area contributed by atoms with E-state index in [2.05, 4.69) is 30.5 Å². The van der Waals surface area contributed by atoms with Gasteiger partial charge in [-0.3, -0.25) is 4.79 Å². The zero-order valence-corrected chi connectivity index (χ0v) is 10.4. The summed E-state index contributed by atoms with van der Waals surface area (Å²) in [7, 11) is 0. The Morgan fingerprint density at radius 3 is 2.76 bits per heavy atom. The van der Waals surface area contributed by atoms with Crippen molar-refractivity contribution in [3.05, 3.63) is 23.5 Å². The summed E-state index contributed by atoms with van der Waals surface area (Å²) in [4.78, 5) is 14.2. The molecular weight excluding hydrogens is 214 g/mol. The Morgan fingerprint density at radius 2 is 2.12 bits per heavy atom. The van der Waals surface area contributed by atoms with E-state index in [4.69, 9.17) is 5.73 Å². The zero-order chi connectivity index (χ0) is 12.2. The van der Waals surface area contributed by atoms with E-state index in [9.17, 15) is 4.79 Å². The highest BCUT2D eigenvalue weighted by Crippen LogP contribution is 2.35. The summed E-state index contributed by atoms with van der Waals surface area (Å²) in [6, 6.07) is 4.54. The molecule has 1 aromatic rings. The molecule has 1 saturated carbocycles. The maximum Gasteiger partial charge on any atom is 0.227 e. The number of nitrogens with two attached hydrogens (primary N) is 1. The molecule has 2 N–H and O–H groups in total. The number of aryl methyl sites for hydroxylation is 1. The summed E-state index contributed by atoms with van der Waals surface area (Å²) < 4.78 is 2.31. The van der Waals surface area contributed by atoms with Gasteiger partial charge in [0.25, 0.3) is 0 Å². The van der Waals surface area contributed by atoms with Gasteiger partial charge in [-0.25, -0.2) is 0 Å². The molecule has 1 aliphatic heterocycles. The standard InChI is InChI=1S/C13H19N3O/c1-8-3-4-12-9(2)16(6-5-15(8)12)13(17)10-7-11(10)14/h3-4,9-11H,5-7,14H2,1-2H3. The summed E-state index contributed by atoms with van der Waals surface area (Å²) in [5, 5.41) is 0. The highest BCUT2D eigenvalue weighted by atomic mass is 16.2. The lowest BCUT2D eigenvalue weighted by molar-refractivity contribution is -0.135. The smallest absolute Gasteiger partial charge is 0.227 e. The molecule has 1 aliphatic carbocycles. The monoisotopic (exact) mass is 233 g/mol. The van der Waals surface area contributed by atoms with E-state index in [0.717, 1.165) is 19.5 Å². The van der Waals surface area contributed by atoms with Gasteiger partial charge in [0.15, 0.2) is 0 Å². The first-order valence-electron chi connectivity index (χ1n) is 6.31. The van der Waals surface area contributed by atoms with E-state index in [0.29, 0.717) is 0 Å². The molecule has 0 bridgehead atoms. The number of carbonyl (C=O) groups excluding carboxylic acids is 1. The molecular formula is C13H19N3O. The maximum absolute atomic E-state index is 12.2. The molecule has 1 amide bonds. The molecule has 0 aromatic carbocycles. The van der Waals surface area contributed by atoms with Gasteiger partial charge in [-0.05, 0) is 32.4 Å². The quantitative estimate of drug-likeness (QED) is 0.788. The molecule has 4 heteroatoms. The number of carbonyl (C=O) groups is 1. The Bertz CT molecular complexity index is 465. The van der Waals surface area contributed by atoms with Crippen LogP contribution < -0.4 is 5.73 Å². The summed E-state index contributed by atoms with van der Waals surface area (Å²) >= 11 is 0. The number of aromatic nitrogens is 1. The van der Waals surface area contributed by atoms with Crippen molar-refractivity contribution in [3.63, 3.8) is 0 Å². The van der Waals surface area contributed by atoms with Gasteiger partial charge in [0.05, 0.1) is 12.0 Å². The van der Waals surface area contributed by atoms with Crippen LogP contribution in [0, 0.1) is 12.8 Å². The number of hydrogen-bond donors (Lipinski definition) is 1. The van der Waals surface area contributed by atoms with Crippen molar-refractivity contribution in [1.82, 2.24) is 9.47 Å². The van der Waals surface area contributed by atoms with Crippen LogP contribution in [0.25, 0.3) is 0 Å². The van der Waals surface area contributed by atoms with Crippen LogP contribution in [-0.2, 0) is 11.3 Å². The topological polar surface area (TPSA) is 51.3 Å². The second kappa shape index (κ2) is 3.60. The van der Waals surface area contributed by atoms with Gasteiger partial charge in [-0.15, -0.1) is 0 Å². The van der Waals surface area contributed by atoms with Crippen molar-refractivity contribution >= 4 is 5.91 Å². The predicted octanol–water partition coefficient (Wildman–Crippen LogP) is 1.05. The van der Waals surface area contributed by atoms with Crippen molar-refractivity contribution in [2.24, 2.45) is 11.7 Å². The van der Waals surface area contributed by atoms with Crippen molar-refractivity contribution in [3.8, 4) is 0 Å².